The van der Waals surface area contributed by atoms with Crippen molar-refractivity contribution < 1.29 is 4.79 Å². The highest BCUT2D eigenvalue weighted by atomic mass is 32.1. The van der Waals surface area contributed by atoms with Gasteiger partial charge >= 0.3 is 0 Å². The van der Waals surface area contributed by atoms with Gasteiger partial charge in [0, 0.05) is 12.7 Å². The Labute approximate surface area is 96.9 Å². The van der Waals surface area contributed by atoms with Crippen LogP contribution in [0.25, 0.3) is 0 Å². The van der Waals surface area contributed by atoms with Gasteiger partial charge in [-0.05, 0) is 28.5 Å². The third-order valence-electron chi connectivity index (χ3n) is 2.04. The molecule has 0 aliphatic carbocycles. The molecule has 0 spiro atoms. The number of nitrogen functional groups attached to an aromatic ring is 1. The first-order valence-corrected chi connectivity index (χ1v) is 5.75. The first-order chi connectivity index (χ1) is 7.74. The minimum absolute atomic E-state index is 0.0747. The van der Waals surface area contributed by atoms with Crippen LogP contribution in [0, 0.1) is 0 Å². The fourth-order valence-electron chi connectivity index (χ4n) is 1.26. The lowest BCUT2D eigenvalue weighted by molar-refractivity contribution is -0.122. The van der Waals surface area contributed by atoms with Gasteiger partial charge in [-0.15, -0.1) is 0 Å². The van der Waals surface area contributed by atoms with Crippen molar-refractivity contribution in [1.82, 2.24) is 15.1 Å². The normalized spacial score (nSPS) is 10.2. The van der Waals surface area contributed by atoms with E-state index in [4.69, 9.17) is 5.73 Å². The van der Waals surface area contributed by atoms with Crippen molar-refractivity contribution in [2.45, 2.75) is 13.1 Å². The number of nitrogens with one attached hydrogen (secondary N) is 1. The van der Waals surface area contributed by atoms with E-state index in [0.29, 0.717) is 12.4 Å². The predicted octanol–water partition coefficient (Wildman–Crippen LogP) is 0.843. The van der Waals surface area contributed by atoms with Gasteiger partial charge in [-0.1, -0.05) is 0 Å². The van der Waals surface area contributed by atoms with Crippen LogP contribution in [0.1, 0.15) is 5.56 Å². The predicted molar refractivity (Wildman–Crippen MR) is 62.8 cm³/mol. The molecule has 0 radical (unpaired) electrons. The van der Waals surface area contributed by atoms with E-state index in [-0.39, 0.29) is 12.5 Å². The van der Waals surface area contributed by atoms with Crippen molar-refractivity contribution in [3.63, 3.8) is 0 Å². The maximum absolute atomic E-state index is 11.5. The zero-order chi connectivity index (χ0) is 11.4. The summed E-state index contributed by atoms with van der Waals surface area (Å²) < 4.78 is 1.51. The number of carbonyl (C=O) groups is 1. The number of aromatic nitrogens is 2. The second-order valence-corrected chi connectivity index (χ2v) is 4.13. The van der Waals surface area contributed by atoms with Crippen molar-refractivity contribution in [1.29, 1.82) is 0 Å². The van der Waals surface area contributed by atoms with E-state index in [1.807, 2.05) is 16.8 Å². The summed E-state index contributed by atoms with van der Waals surface area (Å²) >= 11 is 1.61. The molecular weight excluding hydrogens is 224 g/mol. The molecule has 2 heterocycles. The molecule has 6 heteroatoms. The van der Waals surface area contributed by atoms with Crippen LogP contribution in [0.4, 0.5) is 5.82 Å². The summed E-state index contributed by atoms with van der Waals surface area (Å²) in [7, 11) is 0. The SMILES string of the molecule is Nc1ccn(CC(=O)NCc2ccsc2)n1. The molecule has 0 saturated carbocycles. The Hall–Kier alpha value is -1.82. The molecule has 0 aliphatic heterocycles. The molecule has 0 atom stereocenters. The fourth-order valence-corrected chi connectivity index (χ4v) is 1.93. The number of anilines is 1. The molecule has 84 valence electrons. The van der Waals surface area contributed by atoms with Crippen molar-refractivity contribution in [3.8, 4) is 0 Å². The number of nitrogens with zero attached hydrogens (tertiary/aromatic N) is 2. The van der Waals surface area contributed by atoms with E-state index in [1.54, 1.807) is 23.6 Å². The smallest absolute Gasteiger partial charge is 0.241 e. The van der Waals surface area contributed by atoms with Gasteiger partial charge in [0.15, 0.2) is 0 Å². The number of nitrogens with two attached hydrogens (primary N) is 1. The van der Waals surface area contributed by atoms with Crippen LogP contribution >= 0.6 is 11.3 Å². The number of hydrogen-bond donors (Lipinski definition) is 2. The number of carbonyl (C=O) groups excluding carboxylic acids is 1. The molecular formula is C10H12N4OS. The first-order valence-electron chi connectivity index (χ1n) is 4.81. The van der Waals surface area contributed by atoms with E-state index in [0.717, 1.165) is 5.56 Å². The molecule has 3 N–H and O–H groups in total. The van der Waals surface area contributed by atoms with E-state index in [9.17, 15) is 4.79 Å². The molecule has 0 saturated heterocycles. The van der Waals surface area contributed by atoms with Gasteiger partial charge in [0.1, 0.15) is 12.4 Å². The molecule has 2 rings (SSSR count). The van der Waals surface area contributed by atoms with Gasteiger partial charge in [0.25, 0.3) is 0 Å². The van der Waals surface area contributed by atoms with Crippen molar-refractivity contribution in [3.05, 3.63) is 34.7 Å². The summed E-state index contributed by atoms with van der Waals surface area (Å²) in [6.07, 6.45) is 1.68. The Morgan fingerprint density at radius 1 is 1.56 bits per heavy atom. The summed E-state index contributed by atoms with van der Waals surface area (Å²) in [6, 6.07) is 3.64. The highest BCUT2D eigenvalue weighted by Gasteiger charge is 2.03. The fraction of sp³-hybridized carbons (Fsp3) is 0.200. The molecule has 5 nitrogen and oxygen atoms in total. The monoisotopic (exact) mass is 236 g/mol. The van der Waals surface area contributed by atoms with Gasteiger partial charge in [-0.2, -0.15) is 16.4 Å². The summed E-state index contributed by atoms with van der Waals surface area (Å²) in [5, 5.41) is 10.7. The molecule has 0 fully saturated rings. The number of thiophene rings is 1. The average molecular weight is 236 g/mol. The molecule has 1 amide bonds. The number of rotatable bonds is 4. The van der Waals surface area contributed by atoms with Crippen LogP contribution in [-0.2, 0) is 17.9 Å². The van der Waals surface area contributed by atoms with Gasteiger partial charge in [-0.3, -0.25) is 9.48 Å². The second-order valence-electron chi connectivity index (χ2n) is 3.35. The van der Waals surface area contributed by atoms with Gasteiger partial charge in [-0.25, -0.2) is 0 Å². The van der Waals surface area contributed by atoms with Gasteiger partial charge in [0.05, 0.1) is 0 Å². The Kier molecular flexibility index (Phi) is 3.21. The largest absolute Gasteiger partial charge is 0.382 e. The molecule has 0 aromatic carbocycles. The molecule has 2 aromatic rings. The maximum Gasteiger partial charge on any atom is 0.241 e. The molecule has 2 aromatic heterocycles. The quantitative estimate of drug-likeness (QED) is 0.826. The lowest BCUT2D eigenvalue weighted by Gasteiger charge is -2.03. The summed E-state index contributed by atoms with van der Waals surface area (Å²) in [6.45, 7) is 0.750. The number of hydrogen-bond acceptors (Lipinski definition) is 4. The maximum atomic E-state index is 11.5. The zero-order valence-electron chi connectivity index (χ0n) is 8.59. The lowest BCUT2D eigenvalue weighted by Crippen LogP contribution is -2.27. The molecule has 16 heavy (non-hydrogen) atoms. The molecule has 0 unspecified atom stereocenters. The van der Waals surface area contributed by atoms with Gasteiger partial charge in [0.2, 0.25) is 5.91 Å². The van der Waals surface area contributed by atoms with E-state index < -0.39 is 0 Å². The van der Waals surface area contributed by atoms with Crippen LogP contribution < -0.4 is 11.1 Å². The Bertz CT molecular complexity index is 463. The van der Waals surface area contributed by atoms with E-state index >= 15 is 0 Å². The van der Waals surface area contributed by atoms with E-state index in [2.05, 4.69) is 10.4 Å². The zero-order valence-corrected chi connectivity index (χ0v) is 9.41. The standard InChI is InChI=1S/C10H12N4OS/c11-9-1-3-14(13-9)6-10(15)12-5-8-2-4-16-7-8/h1-4,7H,5-6H2,(H2,11,13)(H,12,15). The average Bonchev–Trinajstić information content (AvgIpc) is 2.87. The van der Waals surface area contributed by atoms with Crippen molar-refractivity contribution in [2.24, 2.45) is 0 Å². The topological polar surface area (TPSA) is 72.9 Å². The summed E-state index contributed by atoms with van der Waals surface area (Å²) in [5.41, 5.74) is 6.55. The van der Waals surface area contributed by atoms with E-state index in [1.165, 1.54) is 4.68 Å². The Balaban J connectivity index is 1.81. The highest BCUT2D eigenvalue weighted by molar-refractivity contribution is 7.07. The van der Waals surface area contributed by atoms with Crippen LogP contribution in [0.5, 0.6) is 0 Å². The molecule has 0 bridgehead atoms. The summed E-state index contributed by atoms with van der Waals surface area (Å²) in [4.78, 5) is 11.5. The van der Waals surface area contributed by atoms with Crippen molar-refractivity contribution >= 4 is 23.1 Å². The number of amides is 1. The second kappa shape index (κ2) is 4.80. The Morgan fingerprint density at radius 3 is 3.06 bits per heavy atom. The summed E-state index contributed by atoms with van der Waals surface area (Å²) in [5.74, 6) is 0.347. The minimum Gasteiger partial charge on any atom is -0.382 e. The lowest BCUT2D eigenvalue weighted by atomic mass is 10.3. The van der Waals surface area contributed by atoms with Crippen molar-refractivity contribution in [2.75, 3.05) is 5.73 Å². The third kappa shape index (κ3) is 2.83. The Morgan fingerprint density at radius 2 is 2.44 bits per heavy atom. The minimum atomic E-state index is -0.0747. The third-order valence-corrected chi connectivity index (χ3v) is 2.77. The van der Waals surface area contributed by atoms with Crippen LogP contribution in [0.15, 0.2) is 29.1 Å². The highest BCUT2D eigenvalue weighted by Crippen LogP contribution is 2.04. The van der Waals surface area contributed by atoms with Crippen LogP contribution in [0.2, 0.25) is 0 Å². The van der Waals surface area contributed by atoms with Crippen LogP contribution in [-0.4, -0.2) is 15.7 Å². The van der Waals surface area contributed by atoms with Crippen LogP contribution in [0.3, 0.4) is 0 Å². The first kappa shape index (κ1) is 10.7. The van der Waals surface area contributed by atoms with Gasteiger partial charge < -0.3 is 11.1 Å². The molecule has 0 aliphatic rings.